The van der Waals surface area contributed by atoms with E-state index >= 15 is 0 Å². The Balaban J connectivity index is 1.10. The average molecular weight is 615 g/mol. The third kappa shape index (κ3) is 6.93. The number of nitrogens with zero attached hydrogens (tertiary/aromatic N) is 7. The second-order valence-corrected chi connectivity index (χ2v) is 11.5. The molecule has 5 heterocycles. The number of likely N-dealkylation sites (tertiary alicyclic amines) is 1. The molecule has 0 unspecified atom stereocenters. The fourth-order valence-corrected chi connectivity index (χ4v) is 5.85. The topological polar surface area (TPSA) is 149 Å². The maximum atomic E-state index is 12.1. The van der Waals surface area contributed by atoms with Crippen molar-refractivity contribution in [3.05, 3.63) is 48.3 Å². The van der Waals surface area contributed by atoms with E-state index in [1.54, 1.807) is 42.6 Å². The normalized spacial score (nSPS) is 18.5. The Labute approximate surface area is 262 Å². The minimum atomic E-state index is -1.01. The van der Waals surface area contributed by atoms with Gasteiger partial charge in [-0.1, -0.05) is 0 Å². The molecular formula is C32H38N8O5. The van der Waals surface area contributed by atoms with Gasteiger partial charge in [-0.2, -0.15) is 5.26 Å². The van der Waals surface area contributed by atoms with Crippen LogP contribution in [0.3, 0.4) is 0 Å². The van der Waals surface area contributed by atoms with Gasteiger partial charge in [0.2, 0.25) is 5.95 Å². The number of anilines is 3. The van der Waals surface area contributed by atoms with E-state index in [4.69, 9.17) is 19.2 Å². The number of nitriles is 1. The summed E-state index contributed by atoms with van der Waals surface area (Å²) in [7, 11) is 1.64. The summed E-state index contributed by atoms with van der Waals surface area (Å²) < 4.78 is 17.2. The lowest BCUT2D eigenvalue weighted by Crippen LogP contribution is -2.56. The molecule has 1 amide bonds. The van der Waals surface area contributed by atoms with Crippen molar-refractivity contribution in [3.8, 4) is 28.8 Å². The fourth-order valence-electron chi connectivity index (χ4n) is 5.85. The van der Waals surface area contributed by atoms with Crippen molar-refractivity contribution in [2.75, 3.05) is 69.8 Å². The molecule has 0 aliphatic carbocycles. The monoisotopic (exact) mass is 614 g/mol. The Kier molecular flexibility index (Phi) is 9.25. The van der Waals surface area contributed by atoms with Crippen molar-refractivity contribution < 1.29 is 24.1 Å². The first-order chi connectivity index (χ1) is 21.9. The molecule has 0 radical (unpaired) electrons. The van der Waals surface area contributed by atoms with E-state index in [0.717, 1.165) is 50.8 Å². The van der Waals surface area contributed by atoms with E-state index in [-0.39, 0.29) is 12.0 Å². The summed E-state index contributed by atoms with van der Waals surface area (Å²) >= 11 is 0. The number of hydrogen-bond acceptors (Lipinski definition) is 12. The molecule has 2 aromatic heterocycles. The van der Waals surface area contributed by atoms with Crippen LogP contribution >= 0.6 is 0 Å². The number of aliphatic hydroxyl groups is 1. The molecule has 6 rings (SSSR count). The first kappa shape index (κ1) is 30.5. The van der Waals surface area contributed by atoms with Crippen LogP contribution < -0.4 is 19.7 Å². The lowest BCUT2D eigenvalue weighted by Gasteiger charge is -2.43. The Morgan fingerprint density at radius 2 is 1.87 bits per heavy atom. The molecule has 3 saturated heterocycles. The number of aromatic nitrogens is 3. The SMILES string of the molecule is COc1cc(Nc2nccc(-c3ccc(OC4CCN(C(=O)[C@H](C)O)CC4)c(C#N)c3)n2)cnc1N1CCN(C2COC2)CC1. The van der Waals surface area contributed by atoms with Crippen LogP contribution in [0.1, 0.15) is 25.3 Å². The summed E-state index contributed by atoms with van der Waals surface area (Å²) in [5, 5.41) is 22.7. The summed E-state index contributed by atoms with van der Waals surface area (Å²) in [6.07, 6.45) is 3.53. The molecule has 13 heteroatoms. The van der Waals surface area contributed by atoms with Crippen molar-refractivity contribution >= 4 is 23.4 Å². The van der Waals surface area contributed by atoms with Gasteiger partial charge in [-0.05, 0) is 31.2 Å². The third-order valence-corrected chi connectivity index (χ3v) is 8.52. The van der Waals surface area contributed by atoms with Gasteiger partial charge in [-0.15, -0.1) is 0 Å². The highest BCUT2D eigenvalue weighted by atomic mass is 16.5. The van der Waals surface area contributed by atoms with Gasteiger partial charge >= 0.3 is 0 Å². The standard InChI is InChI=1S/C32H38N8O5/c1-21(41)31(42)40-9-6-26(7-10-40)45-28-4-3-22(15-23(28)17-33)27-5-8-34-32(37-27)36-24-16-29(43-2)30(35-18-24)39-13-11-38(12-14-39)25-19-44-20-25/h3-5,8,15-16,18,21,25-26,41H,6-7,9-14,19-20H2,1-2H3,(H,34,36,37)/t21-/m0/s1. The Morgan fingerprint density at radius 1 is 1.09 bits per heavy atom. The van der Waals surface area contributed by atoms with Gasteiger partial charge in [0.1, 0.15) is 24.0 Å². The van der Waals surface area contributed by atoms with Gasteiger partial charge < -0.3 is 34.4 Å². The first-order valence-electron chi connectivity index (χ1n) is 15.3. The van der Waals surface area contributed by atoms with E-state index in [1.165, 1.54) is 6.92 Å². The number of methoxy groups -OCH3 is 1. The number of rotatable bonds is 9. The minimum absolute atomic E-state index is 0.125. The summed E-state index contributed by atoms with van der Waals surface area (Å²) in [5.74, 6) is 2.09. The van der Waals surface area contributed by atoms with Crippen LogP contribution in [0.15, 0.2) is 42.7 Å². The first-order valence-corrected chi connectivity index (χ1v) is 15.3. The van der Waals surface area contributed by atoms with Crippen LogP contribution in [0.4, 0.5) is 17.5 Å². The molecule has 0 saturated carbocycles. The maximum absolute atomic E-state index is 12.1. The van der Waals surface area contributed by atoms with Crippen LogP contribution in [0.2, 0.25) is 0 Å². The van der Waals surface area contributed by atoms with Crippen molar-refractivity contribution in [1.82, 2.24) is 24.8 Å². The highest BCUT2D eigenvalue weighted by Crippen LogP contribution is 2.32. The maximum Gasteiger partial charge on any atom is 0.251 e. The van der Waals surface area contributed by atoms with Gasteiger partial charge in [-0.3, -0.25) is 9.69 Å². The fraction of sp³-hybridized carbons (Fsp3) is 0.469. The largest absolute Gasteiger partial charge is 0.493 e. The smallest absolute Gasteiger partial charge is 0.251 e. The second kappa shape index (κ2) is 13.6. The molecule has 3 aliphatic heterocycles. The predicted octanol–water partition coefficient (Wildman–Crippen LogP) is 2.43. The molecule has 0 spiro atoms. The molecule has 236 valence electrons. The highest BCUT2D eigenvalue weighted by molar-refractivity contribution is 5.80. The summed E-state index contributed by atoms with van der Waals surface area (Å²) in [4.78, 5) is 32.2. The Hall–Kier alpha value is -4.51. The van der Waals surface area contributed by atoms with E-state index < -0.39 is 6.10 Å². The molecule has 1 aromatic carbocycles. The number of amides is 1. The summed E-state index contributed by atoms with van der Waals surface area (Å²) in [6, 6.07) is 11.9. The molecular weight excluding hydrogens is 576 g/mol. The molecule has 3 aromatic rings. The van der Waals surface area contributed by atoms with Gasteiger partial charge in [-0.25, -0.2) is 15.0 Å². The Bertz CT molecular complexity index is 1540. The number of carbonyl (C=O) groups is 1. The number of pyridine rings is 1. The number of aliphatic hydroxyl groups excluding tert-OH is 1. The van der Waals surface area contributed by atoms with Crippen LogP contribution in [0, 0.1) is 11.3 Å². The van der Waals surface area contributed by atoms with Crippen LogP contribution in [-0.2, 0) is 9.53 Å². The summed E-state index contributed by atoms with van der Waals surface area (Å²) in [6.45, 7) is 7.80. The number of hydrogen-bond donors (Lipinski definition) is 2. The number of benzene rings is 1. The van der Waals surface area contributed by atoms with E-state index in [2.05, 4.69) is 31.2 Å². The molecule has 3 aliphatic rings. The van der Waals surface area contributed by atoms with Gasteiger partial charge in [0.05, 0.1) is 49.5 Å². The molecule has 3 fully saturated rings. The summed E-state index contributed by atoms with van der Waals surface area (Å²) in [5.41, 5.74) is 2.49. The Morgan fingerprint density at radius 3 is 2.53 bits per heavy atom. The quantitative estimate of drug-likeness (QED) is 0.365. The predicted molar refractivity (Wildman–Crippen MR) is 167 cm³/mol. The molecule has 45 heavy (non-hydrogen) atoms. The lowest BCUT2D eigenvalue weighted by molar-refractivity contribution is -0.141. The molecule has 2 N–H and O–H groups in total. The minimum Gasteiger partial charge on any atom is -0.493 e. The van der Waals surface area contributed by atoms with E-state index in [9.17, 15) is 15.2 Å². The second-order valence-electron chi connectivity index (χ2n) is 11.5. The van der Waals surface area contributed by atoms with Crippen LogP contribution in [0.5, 0.6) is 11.5 Å². The number of piperidine rings is 1. The van der Waals surface area contributed by atoms with Gasteiger partial charge in [0.15, 0.2) is 11.6 Å². The number of ether oxygens (including phenoxy) is 3. The zero-order valence-electron chi connectivity index (χ0n) is 25.6. The van der Waals surface area contributed by atoms with Crippen molar-refractivity contribution in [2.24, 2.45) is 0 Å². The van der Waals surface area contributed by atoms with Gasteiger partial charge in [0, 0.05) is 69.9 Å². The number of piperazine rings is 1. The number of carbonyl (C=O) groups excluding carboxylic acids is 1. The molecule has 13 nitrogen and oxygen atoms in total. The average Bonchev–Trinajstić information content (AvgIpc) is 3.04. The van der Waals surface area contributed by atoms with Crippen molar-refractivity contribution in [3.63, 3.8) is 0 Å². The van der Waals surface area contributed by atoms with Crippen LogP contribution in [0.25, 0.3) is 11.3 Å². The molecule has 1 atom stereocenters. The van der Waals surface area contributed by atoms with Crippen LogP contribution in [-0.4, -0.2) is 114 Å². The zero-order valence-corrected chi connectivity index (χ0v) is 25.6. The molecule has 0 bridgehead atoms. The lowest BCUT2D eigenvalue weighted by atomic mass is 10.1. The van der Waals surface area contributed by atoms with E-state index in [1.807, 2.05) is 12.1 Å². The van der Waals surface area contributed by atoms with Gasteiger partial charge in [0.25, 0.3) is 5.91 Å². The van der Waals surface area contributed by atoms with E-state index in [0.29, 0.717) is 66.4 Å². The zero-order chi connectivity index (χ0) is 31.3. The number of nitrogens with one attached hydrogen (secondary N) is 1. The highest BCUT2D eigenvalue weighted by Gasteiger charge is 2.30. The van der Waals surface area contributed by atoms with Crippen molar-refractivity contribution in [2.45, 2.75) is 38.0 Å². The van der Waals surface area contributed by atoms with Crippen molar-refractivity contribution in [1.29, 1.82) is 5.26 Å². The third-order valence-electron chi connectivity index (χ3n) is 8.52.